The van der Waals surface area contributed by atoms with Gasteiger partial charge in [-0.3, -0.25) is 0 Å². The van der Waals surface area contributed by atoms with Gasteiger partial charge in [-0.1, -0.05) is 11.6 Å². The van der Waals surface area contributed by atoms with E-state index in [9.17, 15) is 8.42 Å². The molecule has 2 aromatic rings. The van der Waals surface area contributed by atoms with Crippen molar-refractivity contribution in [2.75, 3.05) is 26.8 Å². The lowest BCUT2D eigenvalue weighted by Crippen LogP contribution is -2.41. The molecule has 0 amide bonds. The second-order valence-corrected chi connectivity index (χ2v) is 8.49. The van der Waals surface area contributed by atoms with Crippen LogP contribution >= 0.6 is 11.6 Å². The number of sulfonamides is 1. The number of aromatic nitrogens is 1. The summed E-state index contributed by atoms with van der Waals surface area (Å²) in [5, 5.41) is 0.450. The van der Waals surface area contributed by atoms with E-state index in [0.717, 1.165) is 12.8 Å². The number of methoxy groups -OCH3 is 1. The van der Waals surface area contributed by atoms with Crippen molar-refractivity contribution >= 4 is 21.6 Å². The van der Waals surface area contributed by atoms with E-state index < -0.39 is 10.0 Å². The maximum Gasteiger partial charge on any atom is 0.243 e. The van der Waals surface area contributed by atoms with E-state index in [1.807, 2.05) is 0 Å². The van der Waals surface area contributed by atoms with Crippen LogP contribution < -0.4 is 9.47 Å². The minimum absolute atomic E-state index is 0.0925. The first-order valence-electron chi connectivity index (χ1n) is 8.38. The molecule has 1 atom stereocenters. The average Bonchev–Trinajstić information content (AvgIpc) is 2.67. The Balaban J connectivity index is 1.66. The molecule has 1 saturated heterocycles. The largest absolute Gasteiger partial charge is 0.497 e. The van der Waals surface area contributed by atoms with Crippen molar-refractivity contribution < 1.29 is 17.9 Å². The molecule has 6 nitrogen and oxygen atoms in total. The van der Waals surface area contributed by atoms with E-state index in [-0.39, 0.29) is 10.8 Å². The monoisotopic (exact) mass is 396 g/mol. The number of pyridine rings is 1. The third-order valence-electron chi connectivity index (χ3n) is 4.36. The summed E-state index contributed by atoms with van der Waals surface area (Å²) in [5.41, 5.74) is 0. The molecule has 1 fully saturated rings. The molecule has 8 heteroatoms. The van der Waals surface area contributed by atoms with Gasteiger partial charge in [0.2, 0.25) is 15.9 Å². The zero-order valence-corrected chi connectivity index (χ0v) is 16.0. The van der Waals surface area contributed by atoms with Gasteiger partial charge in [-0.2, -0.15) is 4.31 Å². The Bertz CT molecular complexity index is 843. The summed E-state index contributed by atoms with van der Waals surface area (Å²) in [4.78, 5) is 4.37. The Morgan fingerprint density at radius 2 is 2.04 bits per heavy atom. The number of rotatable bonds is 6. The van der Waals surface area contributed by atoms with Crippen LogP contribution in [0.25, 0.3) is 0 Å². The Morgan fingerprint density at radius 3 is 2.73 bits per heavy atom. The quantitative estimate of drug-likeness (QED) is 0.749. The van der Waals surface area contributed by atoms with Crippen molar-refractivity contribution in [2.24, 2.45) is 5.92 Å². The molecule has 1 aliphatic rings. The third-order valence-corrected chi connectivity index (χ3v) is 6.53. The van der Waals surface area contributed by atoms with Crippen molar-refractivity contribution in [3.63, 3.8) is 0 Å². The minimum Gasteiger partial charge on any atom is -0.497 e. The van der Waals surface area contributed by atoms with E-state index >= 15 is 0 Å². The highest BCUT2D eigenvalue weighted by Crippen LogP contribution is 2.26. The summed E-state index contributed by atoms with van der Waals surface area (Å²) < 4.78 is 38.0. The van der Waals surface area contributed by atoms with E-state index in [0.29, 0.717) is 36.3 Å². The number of benzene rings is 1. The molecule has 2 heterocycles. The smallest absolute Gasteiger partial charge is 0.243 e. The molecule has 0 radical (unpaired) electrons. The highest BCUT2D eigenvalue weighted by Gasteiger charge is 2.30. The maximum absolute atomic E-state index is 12.9. The van der Waals surface area contributed by atoms with E-state index in [1.165, 1.54) is 4.31 Å². The molecule has 1 aromatic heterocycles. The van der Waals surface area contributed by atoms with Gasteiger partial charge in [0.15, 0.2) is 0 Å². The topological polar surface area (TPSA) is 68.7 Å². The summed E-state index contributed by atoms with van der Waals surface area (Å²) in [6.45, 7) is 1.30. The van der Waals surface area contributed by atoms with Crippen molar-refractivity contribution in [1.82, 2.24) is 9.29 Å². The van der Waals surface area contributed by atoms with Crippen molar-refractivity contribution in [1.29, 1.82) is 0 Å². The van der Waals surface area contributed by atoms with Crippen molar-refractivity contribution in [3.05, 3.63) is 47.6 Å². The first-order chi connectivity index (χ1) is 12.5. The van der Waals surface area contributed by atoms with Gasteiger partial charge < -0.3 is 9.47 Å². The van der Waals surface area contributed by atoms with Crippen molar-refractivity contribution in [2.45, 2.75) is 17.7 Å². The Hall–Kier alpha value is -1.83. The lowest BCUT2D eigenvalue weighted by Gasteiger charge is -2.31. The molecule has 0 aliphatic carbocycles. The Labute approximate surface area is 158 Å². The zero-order valence-electron chi connectivity index (χ0n) is 14.5. The van der Waals surface area contributed by atoms with Crippen LogP contribution in [0.2, 0.25) is 5.02 Å². The van der Waals surface area contributed by atoms with Gasteiger partial charge in [0.05, 0.1) is 18.6 Å². The molecule has 1 unspecified atom stereocenters. The SMILES string of the molecule is COc1ccc(S(=O)(=O)N2CCCC(COc3ncccc3Cl)C2)cc1. The van der Waals surface area contributed by atoms with Gasteiger partial charge in [0, 0.05) is 25.2 Å². The van der Waals surface area contributed by atoms with E-state index in [1.54, 1.807) is 49.7 Å². The maximum atomic E-state index is 12.9. The number of piperidine rings is 1. The summed E-state index contributed by atoms with van der Waals surface area (Å²) in [5.74, 6) is 1.10. The molecular weight excluding hydrogens is 376 g/mol. The van der Waals surface area contributed by atoms with Crippen LogP contribution in [0.3, 0.4) is 0 Å². The molecule has 26 heavy (non-hydrogen) atoms. The summed E-state index contributed by atoms with van der Waals surface area (Å²) in [7, 11) is -1.98. The summed E-state index contributed by atoms with van der Waals surface area (Å²) >= 11 is 6.04. The van der Waals surface area contributed by atoms with Gasteiger partial charge in [-0.25, -0.2) is 13.4 Å². The normalized spacial score (nSPS) is 18.5. The first-order valence-corrected chi connectivity index (χ1v) is 10.2. The van der Waals surface area contributed by atoms with Crippen LogP contribution in [0.5, 0.6) is 11.6 Å². The second-order valence-electron chi connectivity index (χ2n) is 6.15. The van der Waals surface area contributed by atoms with Crippen LogP contribution in [0, 0.1) is 5.92 Å². The molecule has 1 aliphatic heterocycles. The molecule has 0 N–H and O–H groups in total. The van der Waals surface area contributed by atoms with Gasteiger partial charge in [-0.15, -0.1) is 0 Å². The number of nitrogens with zero attached hydrogens (tertiary/aromatic N) is 2. The molecule has 1 aromatic carbocycles. The van der Waals surface area contributed by atoms with Crippen LogP contribution in [0.4, 0.5) is 0 Å². The summed E-state index contributed by atoms with van der Waals surface area (Å²) in [6.07, 6.45) is 3.31. The lowest BCUT2D eigenvalue weighted by atomic mass is 10.0. The highest BCUT2D eigenvalue weighted by atomic mass is 35.5. The number of hydrogen-bond acceptors (Lipinski definition) is 5. The fourth-order valence-electron chi connectivity index (χ4n) is 2.95. The number of hydrogen-bond donors (Lipinski definition) is 0. The lowest BCUT2D eigenvalue weighted by molar-refractivity contribution is 0.176. The predicted octanol–water partition coefficient (Wildman–Crippen LogP) is 3.22. The minimum atomic E-state index is -3.53. The molecule has 0 saturated carbocycles. The standard InChI is InChI=1S/C18H21ClN2O4S/c1-24-15-6-8-16(9-7-15)26(22,23)21-11-3-4-14(12-21)13-25-18-17(19)5-2-10-20-18/h2,5-10,14H,3-4,11-13H2,1H3. The van der Waals surface area contributed by atoms with Crippen LogP contribution in [-0.2, 0) is 10.0 Å². The van der Waals surface area contributed by atoms with E-state index in [4.69, 9.17) is 21.1 Å². The fraction of sp³-hybridized carbons (Fsp3) is 0.389. The average molecular weight is 397 g/mol. The fourth-order valence-corrected chi connectivity index (χ4v) is 4.68. The summed E-state index contributed by atoms with van der Waals surface area (Å²) in [6, 6.07) is 9.90. The van der Waals surface area contributed by atoms with Gasteiger partial charge in [0.1, 0.15) is 10.8 Å². The number of halogens is 1. The molecular formula is C18H21ClN2O4S. The van der Waals surface area contributed by atoms with Gasteiger partial charge >= 0.3 is 0 Å². The van der Waals surface area contributed by atoms with Gasteiger partial charge in [0.25, 0.3) is 0 Å². The Morgan fingerprint density at radius 1 is 1.27 bits per heavy atom. The highest BCUT2D eigenvalue weighted by molar-refractivity contribution is 7.89. The third kappa shape index (κ3) is 4.28. The number of ether oxygens (including phenoxy) is 2. The van der Waals surface area contributed by atoms with Crippen LogP contribution in [-0.4, -0.2) is 44.5 Å². The molecule has 140 valence electrons. The zero-order chi connectivity index (χ0) is 18.6. The van der Waals surface area contributed by atoms with Crippen LogP contribution in [0.15, 0.2) is 47.5 Å². The van der Waals surface area contributed by atoms with Crippen LogP contribution in [0.1, 0.15) is 12.8 Å². The second kappa shape index (κ2) is 8.24. The Kier molecular flexibility index (Phi) is 6.01. The van der Waals surface area contributed by atoms with Crippen molar-refractivity contribution in [3.8, 4) is 11.6 Å². The molecule has 0 bridgehead atoms. The van der Waals surface area contributed by atoms with Gasteiger partial charge in [-0.05, 0) is 49.2 Å². The first kappa shape index (κ1) is 18.9. The molecule has 0 spiro atoms. The van der Waals surface area contributed by atoms with E-state index in [2.05, 4.69) is 4.98 Å². The molecule has 3 rings (SSSR count). The predicted molar refractivity (Wildman–Crippen MR) is 99.2 cm³/mol.